The second-order valence-corrected chi connectivity index (χ2v) is 8.16. The van der Waals surface area contributed by atoms with Crippen molar-refractivity contribution in [3.8, 4) is 5.75 Å². The van der Waals surface area contributed by atoms with E-state index >= 15 is 0 Å². The minimum atomic E-state index is -0.206. The first-order valence-electron chi connectivity index (χ1n) is 10.8. The summed E-state index contributed by atoms with van der Waals surface area (Å²) < 4.78 is 5.30. The number of rotatable bonds is 7. The molecule has 0 saturated carbocycles. The average molecular weight is 403 g/mol. The fourth-order valence-corrected chi connectivity index (χ4v) is 4.19. The van der Waals surface area contributed by atoms with E-state index in [-0.39, 0.29) is 11.8 Å². The van der Waals surface area contributed by atoms with E-state index in [2.05, 4.69) is 46.6 Å². The Morgan fingerprint density at radius 3 is 2.47 bits per heavy atom. The predicted molar refractivity (Wildman–Crippen MR) is 122 cm³/mol. The highest BCUT2D eigenvalue weighted by Crippen LogP contribution is 2.25. The highest BCUT2D eigenvalue weighted by atomic mass is 16.5. The maximum Gasteiger partial charge on any atom is 0.227 e. The van der Waals surface area contributed by atoms with Crippen molar-refractivity contribution in [3.05, 3.63) is 77.4 Å². The molecule has 30 heavy (non-hydrogen) atoms. The van der Waals surface area contributed by atoms with Gasteiger partial charge in [-0.3, -0.25) is 9.69 Å². The molecule has 1 heterocycles. The zero-order valence-corrected chi connectivity index (χ0v) is 17.9. The summed E-state index contributed by atoms with van der Waals surface area (Å²) in [5, 5.41) is 5.38. The van der Waals surface area contributed by atoms with Gasteiger partial charge >= 0.3 is 0 Å². The largest absolute Gasteiger partial charge is 0.497 e. The second-order valence-electron chi connectivity index (χ2n) is 8.16. The summed E-state index contributed by atoms with van der Waals surface area (Å²) >= 11 is 0. The SMILES string of the molecule is COc1ccc2cc([C@@H](C)C(=O)NCc3ccccc3CN3CCCC3)ccc2c1. The summed E-state index contributed by atoms with van der Waals surface area (Å²) in [5.74, 6) is 0.690. The Morgan fingerprint density at radius 2 is 1.70 bits per heavy atom. The van der Waals surface area contributed by atoms with Crippen molar-refractivity contribution in [2.24, 2.45) is 0 Å². The first-order chi connectivity index (χ1) is 14.6. The lowest BCUT2D eigenvalue weighted by atomic mass is 9.96. The predicted octanol–water partition coefficient (Wildman–Crippen LogP) is 4.86. The van der Waals surface area contributed by atoms with Gasteiger partial charge < -0.3 is 10.1 Å². The van der Waals surface area contributed by atoms with Gasteiger partial charge in [-0.1, -0.05) is 48.5 Å². The molecule has 1 aliphatic rings. The van der Waals surface area contributed by atoms with Crippen molar-refractivity contribution >= 4 is 16.7 Å². The number of likely N-dealkylation sites (tertiary alicyclic amines) is 1. The number of nitrogens with one attached hydrogen (secondary N) is 1. The Labute approximate surface area is 178 Å². The third-order valence-corrected chi connectivity index (χ3v) is 6.13. The van der Waals surface area contributed by atoms with E-state index in [1.165, 1.54) is 37.1 Å². The highest BCUT2D eigenvalue weighted by Gasteiger charge is 2.17. The molecule has 1 amide bonds. The van der Waals surface area contributed by atoms with Crippen LogP contribution in [0.2, 0.25) is 0 Å². The molecule has 0 spiro atoms. The van der Waals surface area contributed by atoms with E-state index < -0.39 is 0 Å². The minimum Gasteiger partial charge on any atom is -0.497 e. The van der Waals surface area contributed by atoms with Crippen LogP contribution in [0.1, 0.15) is 42.4 Å². The quantitative estimate of drug-likeness (QED) is 0.613. The molecule has 3 aromatic rings. The van der Waals surface area contributed by atoms with Crippen LogP contribution in [0, 0.1) is 0 Å². The molecular weight excluding hydrogens is 372 g/mol. The third kappa shape index (κ3) is 4.65. The van der Waals surface area contributed by atoms with E-state index in [1.54, 1.807) is 7.11 Å². The number of carbonyl (C=O) groups is 1. The van der Waals surface area contributed by atoms with Crippen molar-refractivity contribution in [1.82, 2.24) is 10.2 Å². The topological polar surface area (TPSA) is 41.6 Å². The third-order valence-electron chi connectivity index (χ3n) is 6.13. The number of nitrogens with zero attached hydrogens (tertiary/aromatic N) is 1. The first-order valence-corrected chi connectivity index (χ1v) is 10.8. The zero-order chi connectivity index (χ0) is 20.9. The Morgan fingerprint density at radius 1 is 1.00 bits per heavy atom. The number of benzene rings is 3. The molecule has 1 atom stereocenters. The molecule has 0 unspecified atom stereocenters. The maximum atomic E-state index is 12.9. The summed E-state index contributed by atoms with van der Waals surface area (Å²) in [7, 11) is 1.67. The standard InChI is InChI=1S/C26H30N2O2/c1-19(20-9-10-22-16-25(30-2)12-11-21(22)15-20)26(29)27-17-23-7-3-4-8-24(23)18-28-13-5-6-14-28/h3-4,7-12,15-16,19H,5-6,13-14,17-18H2,1-2H3,(H,27,29)/t19-/m1/s1. The summed E-state index contributed by atoms with van der Waals surface area (Å²) in [5.41, 5.74) is 3.54. The Hall–Kier alpha value is -2.85. The van der Waals surface area contributed by atoms with Crippen LogP contribution >= 0.6 is 0 Å². The second kappa shape index (κ2) is 9.31. The number of hydrogen-bond acceptors (Lipinski definition) is 3. The van der Waals surface area contributed by atoms with Crippen molar-refractivity contribution in [2.75, 3.05) is 20.2 Å². The molecule has 0 bridgehead atoms. The molecule has 1 N–H and O–H groups in total. The van der Waals surface area contributed by atoms with Crippen LogP contribution in [0.4, 0.5) is 0 Å². The highest BCUT2D eigenvalue weighted by molar-refractivity contribution is 5.88. The normalized spacial score (nSPS) is 15.3. The van der Waals surface area contributed by atoms with Gasteiger partial charge in [-0.25, -0.2) is 0 Å². The van der Waals surface area contributed by atoms with Crippen molar-refractivity contribution in [2.45, 2.75) is 38.8 Å². The molecule has 156 valence electrons. The number of carbonyl (C=O) groups excluding carboxylic acids is 1. The minimum absolute atomic E-state index is 0.0545. The van der Waals surface area contributed by atoms with Crippen LogP contribution in [0.5, 0.6) is 5.75 Å². The van der Waals surface area contributed by atoms with E-state index in [9.17, 15) is 4.79 Å². The number of hydrogen-bond donors (Lipinski definition) is 1. The van der Waals surface area contributed by atoms with Gasteiger partial charge in [-0.05, 0) is 72.5 Å². The van der Waals surface area contributed by atoms with Crippen LogP contribution in [0.15, 0.2) is 60.7 Å². The smallest absolute Gasteiger partial charge is 0.227 e. The lowest BCUT2D eigenvalue weighted by molar-refractivity contribution is -0.122. The van der Waals surface area contributed by atoms with Crippen molar-refractivity contribution in [3.63, 3.8) is 0 Å². The van der Waals surface area contributed by atoms with Crippen LogP contribution < -0.4 is 10.1 Å². The molecule has 1 saturated heterocycles. The number of ether oxygens (including phenoxy) is 1. The van der Waals surface area contributed by atoms with Gasteiger partial charge in [0.1, 0.15) is 5.75 Å². The average Bonchev–Trinajstić information content (AvgIpc) is 3.30. The van der Waals surface area contributed by atoms with Gasteiger partial charge in [0.2, 0.25) is 5.91 Å². The Kier molecular flexibility index (Phi) is 6.34. The summed E-state index contributed by atoms with van der Waals surface area (Å²) in [6, 6.07) is 20.6. The molecule has 3 aromatic carbocycles. The van der Waals surface area contributed by atoms with Gasteiger partial charge in [0, 0.05) is 13.1 Å². The molecule has 1 fully saturated rings. The fourth-order valence-electron chi connectivity index (χ4n) is 4.19. The van der Waals surface area contributed by atoms with Crippen LogP contribution in [-0.4, -0.2) is 31.0 Å². The van der Waals surface area contributed by atoms with Crippen LogP contribution in [0.25, 0.3) is 10.8 Å². The molecule has 0 aliphatic carbocycles. The van der Waals surface area contributed by atoms with Crippen LogP contribution in [0.3, 0.4) is 0 Å². The lowest BCUT2D eigenvalue weighted by Crippen LogP contribution is -2.28. The van der Waals surface area contributed by atoms with Gasteiger partial charge in [0.05, 0.1) is 13.0 Å². The number of methoxy groups -OCH3 is 1. The van der Waals surface area contributed by atoms with Gasteiger partial charge in [-0.2, -0.15) is 0 Å². The van der Waals surface area contributed by atoms with Crippen molar-refractivity contribution < 1.29 is 9.53 Å². The molecule has 4 heteroatoms. The summed E-state index contributed by atoms with van der Waals surface area (Å²) in [6.07, 6.45) is 2.57. The number of amides is 1. The monoisotopic (exact) mass is 402 g/mol. The van der Waals surface area contributed by atoms with Gasteiger partial charge in [0.25, 0.3) is 0 Å². The van der Waals surface area contributed by atoms with Gasteiger partial charge in [0.15, 0.2) is 0 Å². The van der Waals surface area contributed by atoms with E-state index in [0.717, 1.165) is 28.6 Å². The van der Waals surface area contributed by atoms with Crippen molar-refractivity contribution in [1.29, 1.82) is 0 Å². The van der Waals surface area contributed by atoms with E-state index in [1.807, 2.05) is 31.2 Å². The molecule has 0 aromatic heterocycles. The molecule has 1 aliphatic heterocycles. The summed E-state index contributed by atoms with van der Waals surface area (Å²) in [6.45, 7) is 5.85. The summed E-state index contributed by atoms with van der Waals surface area (Å²) in [4.78, 5) is 15.4. The Balaban J connectivity index is 1.42. The van der Waals surface area contributed by atoms with E-state index in [4.69, 9.17) is 4.74 Å². The number of fused-ring (bicyclic) bond motifs is 1. The molecular formula is C26H30N2O2. The Bertz CT molecular complexity index is 1020. The van der Waals surface area contributed by atoms with Crippen LogP contribution in [-0.2, 0) is 17.9 Å². The first kappa shape index (κ1) is 20.4. The maximum absolute atomic E-state index is 12.9. The van der Waals surface area contributed by atoms with Gasteiger partial charge in [-0.15, -0.1) is 0 Å². The molecule has 4 nitrogen and oxygen atoms in total. The zero-order valence-electron chi connectivity index (χ0n) is 17.9. The van der Waals surface area contributed by atoms with E-state index in [0.29, 0.717) is 6.54 Å². The lowest BCUT2D eigenvalue weighted by Gasteiger charge is -2.18. The molecule has 4 rings (SSSR count). The fraction of sp³-hybridized carbons (Fsp3) is 0.346. The molecule has 0 radical (unpaired) electrons.